The molecule has 82 valence electrons. The molecule has 1 aromatic carbocycles. The maximum atomic E-state index is 5.66. The van der Waals surface area contributed by atoms with Crippen LogP contribution in [0.25, 0.3) is 0 Å². The molecule has 0 saturated carbocycles. The van der Waals surface area contributed by atoms with Gasteiger partial charge in [0.2, 0.25) is 0 Å². The minimum Gasteiger partial charge on any atom is -0.399 e. The molecule has 0 unspecified atom stereocenters. The van der Waals surface area contributed by atoms with E-state index < -0.39 is 0 Å². The lowest BCUT2D eigenvalue weighted by atomic mass is 10.1. The number of hydrogen-bond donors (Lipinski definition) is 1. The second-order valence-electron chi connectivity index (χ2n) is 4.52. The Balaban J connectivity index is 1.85. The van der Waals surface area contributed by atoms with Crippen molar-refractivity contribution in [1.29, 1.82) is 0 Å². The molecular weight excluding hydrogens is 184 g/mol. The van der Waals surface area contributed by atoms with Crippen LogP contribution in [0.2, 0.25) is 0 Å². The monoisotopic (exact) mass is 204 g/mol. The number of benzene rings is 1. The minimum atomic E-state index is 0.777. The van der Waals surface area contributed by atoms with Crippen LogP contribution in [0.4, 0.5) is 5.69 Å². The molecule has 1 fully saturated rings. The fourth-order valence-corrected chi connectivity index (χ4v) is 2.28. The molecule has 0 aromatic heterocycles. The highest BCUT2D eigenvalue weighted by molar-refractivity contribution is 5.39. The predicted octanol–water partition coefficient (Wildman–Crippen LogP) is 2.30. The van der Waals surface area contributed by atoms with Crippen LogP contribution < -0.4 is 5.73 Å². The summed E-state index contributed by atoms with van der Waals surface area (Å²) in [5.74, 6) is 0. The van der Waals surface area contributed by atoms with Crippen LogP contribution in [0.15, 0.2) is 24.3 Å². The summed E-state index contributed by atoms with van der Waals surface area (Å²) in [4.78, 5) is 2.58. The van der Waals surface area contributed by atoms with E-state index in [4.69, 9.17) is 5.73 Å². The van der Waals surface area contributed by atoms with Gasteiger partial charge in [0.25, 0.3) is 0 Å². The summed E-state index contributed by atoms with van der Waals surface area (Å²) in [5, 5.41) is 0. The lowest BCUT2D eigenvalue weighted by molar-refractivity contribution is 0.272. The third kappa shape index (κ3) is 2.72. The molecule has 0 amide bonds. The number of rotatable bonds is 3. The SMILES string of the molecule is C[C@@H]1CCCN1CCc1ccc(N)cc1. The molecule has 1 saturated heterocycles. The summed E-state index contributed by atoms with van der Waals surface area (Å²) < 4.78 is 0. The van der Waals surface area contributed by atoms with E-state index in [-0.39, 0.29) is 0 Å². The van der Waals surface area contributed by atoms with Gasteiger partial charge in [-0.2, -0.15) is 0 Å². The lowest BCUT2D eigenvalue weighted by Gasteiger charge is -2.20. The average molecular weight is 204 g/mol. The van der Waals surface area contributed by atoms with Crippen molar-refractivity contribution in [3.05, 3.63) is 29.8 Å². The van der Waals surface area contributed by atoms with Crippen LogP contribution in [0, 0.1) is 0 Å². The minimum absolute atomic E-state index is 0.777. The van der Waals surface area contributed by atoms with Crippen LogP contribution >= 0.6 is 0 Å². The molecule has 0 bridgehead atoms. The van der Waals surface area contributed by atoms with E-state index in [9.17, 15) is 0 Å². The number of anilines is 1. The zero-order chi connectivity index (χ0) is 10.7. The summed E-state index contributed by atoms with van der Waals surface area (Å²) in [7, 11) is 0. The van der Waals surface area contributed by atoms with Gasteiger partial charge in [0.1, 0.15) is 0 Å². The zero-order valence-electron chi connectivity index (χ0n) is 9.45. The van der Waals surface area contributed by atoms with Gasteiger partial charge in [-0.25, -0.2) is 0 Å². The van der Waals surface area contributed by atoms with Crippen molar-refractivity contribution in [2.45, 2.75) is 32.2 Å². The summed E-state index contributed by atoms with van der Waals surface area (Å²) in [5.41, 5.74) is 7.90. The van der Waals surface area contributed by atoms with Gasteiger partial charge in [0.15, 0.2) is 0 Å². The Morgan fingerprint density at radius 3 is 2.67 bits per heavy atom. The first-order chi connectivity index (χ1) is 7.25. The molecule has 0 spiro atoms. The maximum Gasteiger partial charge on any atom is 0.0314 e. The Morgan fingerprint density at radius 2 is 2.07 bits per heavy atom. The molecule has 2 rings (SSSR count). The van der Waals surface area contributed by atoms with E-state index in [2.05, 4.69) is 24.0 Å². The third-order valence-corrected chi connectivity index (χ3v) is 3.36. The highest BCUT2D eigenvalue weighted by atomic mass is 15.2. The molecule has 2 heteroatoms. The average Bonchev–Trinajstić information content (AvgIpc) is 2.63. The Kier molecular flexibility index (Phi) is 3.27. The smallest absolute Gasteiger partial charge is 0.0314 e. The van der Waals surface area contributed by atoms with Crippen molar-refractivity contribution in [3.63, 3.8) is 0 Å². The molecule has 1 aromatic rings. The second-order valence-corrected chi connectivity index (χ2v) is 4.52. The summed E-state index contributed by atoms with van der Waals surface area (Å²) >= 11 is 0. The Labute approximate surface area is 92.1 Å². The number of likely N-dealkylation sites (tertiary alicyclic amines) is 1. The molecule has 1 atom stereocenters. The van der Waals surface area contributed by atoms with E-state index in [0.717, 1.165) is 18.2 Å². The molecule has 1 aliphatic heterocycles. The largest absolute Gasteiger partial charge is 0.399 e. The van der Waals surface area contributed by atoms with Gasteiger partial charge in [0, 0.05) is 18.3 Å². The van der Waals surface area contributed by atoms with Crippen molar-refractivity contribution in [2.75, 3.05) is 18.8 Å². The van der Waals surface area contributed by atoms with Crippen molar-refractivity contribution >= 4 is 5.69 Å². The molecule has 0 aliphatic carbocycles. The predicted molar refractivity (Wildman–Crippen MR) is 64.8 cm³/mol. The quantitative estimate of drug-likeness (QED) is 0.765. The number of nitrogens with zero attached hydrogens (tertiary/aromatic N) is 1. The van der Waals surface area contributed by atoms with Crippen molar-refractivity contribution in [1.82, 2.24) is 4.90 Å². The van der Waals surface area contributed by atoms with Gasteiger partial charge in [0.05, 0.1) is 0 Å². The van der Waals surface area contributed by atoms with Gasteiger partial charge in [-0.05, 0) is 50.4 Å². The molecule has 0 radical (unpaired) electrons. The molecule has 1 heterocycles. The summed E-state index contributed by atoms with van der Waals surface area (Å²) in [6.45, 7) is 4.79. The van der Waals surface area contributed by atoms with Crippen molar-refractivity contribution in [3.8, 4) is 0 Å². The molecule has 1 aliphatic rings. The zero-order valence-corrected chi connectivity index (χ0v) is 9.45. The van der Waals surface area contributed by atoms with Crippen LogP contribution in [-0.2, 0) is 6.42 Å². The van der Waals surface area contributed by atoms with Crippen LogP contribution in [0.5, 0.6) is 0 Å². The van der Waals surface area contributed by atoms with E-state index >= 15 is 0 Å². The molecular formula is C13H20N2. The summed E-state index contributed by atoms with van der Waals surface area (Å²) in [6.07, 6.45) is 3.87. The van der Waals surface area contributed by atoms with Gasteiger partial charge in [-0.3, -0.25) is 0 Å². The first kappa shape index (κ1) is 10.5. The van der Waals surface area contributed by atoms with E-state index in [1.54, 1.807) is 0 Å². The van der Waals surface area contributed by atoms with Gasteiger partial charge in [-0.15, -0.1) is 0 Å². The highest BCUT2D eigenvalue weighted by Gasteiger charge is 2.19. The van der Waals surface area contributed by atoms with Gasteiger partial charge in [-0.1, -0.05) is 12.1 Å². The molecule has 2 N–H and O–H groups in total. The van der Waals surface area contributed by atoms with Crippen LogP contribution in [0.3, 0.4) is 0 Å². The Morgan fingerprint density at radius 1 is 1.33 bits per heavy atom. The van der Waals surface area contributed by atoms with Crippen LogP contribution in [-0.4, -0.2) is 24.0 Å². The Bertz CT molecular complexity index is 305. The number of hydrogen-bond acceptors (Lipinski definition) is 2. The number of nitrogens with two attached hydrogens (primary N) is 1. The maximum absolute atomic E-state index is 5.66. The second kappa shape index (κ2) is 4.67. The topological polar surface area (TPSA) is 29.3 Å². The standard InChI is InChI=1S/C13H20N2/c1-11-3-2-9-15(11)10-8-12-4-6-13(14)7-5-12/h4-7,11H,2-3,8-10,14H2,1H3/t11-/m1/s1. The van der Waals surface area contributed by atoms with Crippen molar-refractivity contribution < 1.29 is 0 Å². The summed E-state index contributed by atoms with van der Waals surface area (Å²) in [6, 6.07) is 9.02. The molecule has 2 nitrogen and oxygen atoms in total. The number of nitrogen functional groups attached to an aromatic ring is 1. The van der Waals surface area contributed by atoms with E-state index in [1.807, 2.05) is 12.1 Å². The highest BCUT2D eigenvalue weighted by Crippen LogP contribution is 2.17. The van der Waals surface area contributed by atoms with Crippen molar-refractivity contribution in [2.24, 2.45) is 0 Å². The van der Waals surface area contributed by atoms with Gasteiger partial charge >= 0.3 is 0 Å². The van der Waals surface area contributed by atoms with E-state index in [1.165, 1.54) is 31.5 Å². The van der Waals surface area contributed by atoms with Gasteiger partial charge < -0.3 is 10.6 Å². The first-order valence-electron chi connectivity index (χ1n) is 5.84. The molecule has 15 heavy (non-hydrogen) atoms. The Hall–Kier alpha value is -1.02. The normalized spacial score (nSPS) is 22.1. The third-order valence-electron chi connectivity index (χ3n) is 3.36. The van der Waals surface area contributed by atoms with E-state index in [0.29, 0.717) is 0 Å². The van der Waals surface area contributed by atoms with Crippen LogP contribution in [0.1, 0.15) is 25.3 Å². The fourth-order valence-electron chi connectivity index (χ4n) is 2.28. The fraction of sp³-hybridized carbons (Fsp3) is 0.538. The first-order valence-corrected chi connectivity index (χ1v) is 5.84. The lowest BCUT2D eigenvalue weighted by Crippen LogP contribution is -2.28.